The molecule has 0 bridgehead atoms. The van der Waals surface area contributed by atoms with Crippen molar-refractivity contribution >= 4 is 5.97 Å². The molecule has 1 aromatic carbocycles. The summed E-state index contributed by atoms with van der Waals surface area (Å²) in [5, 5.41) is 8.61. The van der Waals surface area contributed by atoms with Crippen LogP contribution in [-0.2, 0) is 11.3 Å². The van der Waals surface area contributed by atoms with Crippen LogP contribution in [0.2, 0.25) is 0 Å². The normalized spacial score (nSPS) is 17.2. The zero-order valence-corrected chi connectivity index (χ0v) is 11.6. The van der Waals surface area contributed by atoms with Crippen molar-refractivity contribution in [3.8, 4) is 0 Å². The molecule has 1 heterocycles. The van der Waals surface area contributed by atoms with E-state index in [2.05, 4.69) is 9.80 Å². The van der Waals surface area contributed by atoms with Gasteiger partial charge in [-0.15, -0.1) is 0 Å². The quantitative estimate of drug-likeness (QED) is 0.863. The van der Waals surface area contributed by atoms with Crippen molar-refractivity contribution in [2.45, 2.75) is 19.4 Å². The standard InChI is InChI=1S/C15H21FN2O2/c16-14-4-1-3-13(11-14)12-18-9-7-17(8-10-18)6-2-5-15(19)20/h1,3-4,11H,2,5-10,12H2,(H,19,20). The zero-order chi connectivity index (χ0) is 14.4. The second kappa shape index (κ2) is 7.36. The Morgan fingerprint density at radius 2 is 1.90 bits per heavy atom. The van der Waals surface area contributed by atoms with Crippen LogP contribution < -0.4 is 0 Å². The Bertz CT molecular complexity index is 445. The number of halogens is 1. The molecule has 2 rings (SSSR count). The first-order valence-electron chi connectivity index (χ1n) is 7.04. The summed E-state index contributed by atoms with van der Waals surface area (Å²) in [6.07, 6.45) is 0.947. The molecule has 1 saturated heterocycles. The number of carboxylic acid groups (broad SMARTS) is 1. The van der Waals surface area contributed by atoms with Crippen LogP contribution in [0.5, 0.6) is 0 Å². The topological polar surface area (TPSA) is 43.8 Å². The van der Waals surface area contributed by atoms with E-state index in [0.717, 1.165) is 44.8 Å². The Morgan fingerprint density at radius 3 is 2.55 bits per heavy atom. The number of piperazine rings is 1. The maximum Gasteiger partial charge on any atom is 0.303 e. The van der Waals surface area contributed by atoms with E-state index in [1.165, 1.54) is 6.07 Å². The van der Waals surface area contributed by atoms with Gasteiger partial charge in [0.25, 0.3) is 0 Å². The molecule has 1 aromatic rings. The second-order valence-electron chi connectivity index (χ2n) is 5.25. The molecule has 1 aliphatic rings. The molecule has 1 N–H and O–H groups in total. The summed E-state index contributed by atoms with van der Waals surface area (Å²) in [5.74, 6) is -0.912. The number of carbonyl (C=O) groups is 1. The van der Waals surface area contributed by atoms with E-state index < -0.39 is 5.97 Å². The average Bonchev–Trinajstić information content (AvgIpc) is 2.40. The molecular formula is C15H21FN2O2. The highest BCUT2D eigenvalue weighted by atomic mass is 19.1. The Morgan fingerprint density at radius 1 is 1.20 bits per heavy atom. The molecule has 0 atom stereocenters. The van der Waals surface area contributed by atoms with Gasteiger partial charge >= 0.3 is 5.97 Å². The van der Waals surface area contributed by atoms with E-state index in [4.69, 9.17) is 5.11 Å². The molecule has 1 fully saturated rings. The first kappa shape index (κ1) is 14.9. The molecule has 0 aliphatic carbocycles. The lowest BCUT2D eigenvalue weighted by Crippen LogP contribution is -2.46. The molecule has 0 amide bonds. The summed E-state index contributed by atoms with van der Waals surface area (Å²) in [7, 11) is 0. The van der Waals surface area contributed by atoms with Crippen LogP contribution in [0.25, 0.3) is 0 Å². The number of carboxylic acids is 1. The predicted octanol–water partition coefficient (Wildman–Crippen LogP) is 1.81. The maximum atomic E-state index is 13.1. The third kappa shape index (κ3) is 4.90. The van der Waals surface area contributed by atoms with Crippen molar-refractivity contribution < 1.29 is 14.3 Å². The van der Waals surface area contributed by atoms with E-state index in [9.17, 15) is 9.18 Å². The number of benzene rings is 1. The first-order chi connectivity index (χ1) is 9.63. The molecule has 1 aliphatic heterocycles. The smallest absolute Gasteiger partial charge is 0.303 e. The predicted molar refractivity (Wildman–Crippen MR) is 75.0 cm³/mol. The minimum Gasteiger partial charge on any atom is -0.481 e. The van der Waals surface area contributed by atoms with Gasteiger partial charge in [0.15, 0.2) is 0 Å². The van der Waals surface area contributed by atoms with E-state index in [0.29, 0.717) is 6.42 Å². The van der Waals surface area contributed by atoms with Gasteiger partial charge in [-0.25, -0.2) is 4.39 Å². The molecule has 0 aromatic heterocycles. The molecule has 5 heteroatoms. The van der Waals surface area contributed by atoms with E-state index >= 15 is 0 Å². The molecule has 0 saturated carbocycles. The third-order valence-corrected chi connectivity index (χ3v) is 3.63. The van der Waals surface area contributed by atoms with Crippen molar-refractivity contribution in [1.29, 1.82) is 0 Å². The molecule has 0 spiro atoms. The number of aliphatic carboxylic acids is 1. The molecule has 4 nitrogen and oxygen atoms in total. The molecular weight excluding hydrogens is 259 g/mol. The van der Waals surface area contributed by atoms with Gasteiger partial charge in [-0.1, -0.05) is 12.1 Å². The largest absolute Gasteiger partial charge is 0.481 e. The van der Waals surface area contributed by atoms with Crippen molar-refractivity contribution in [3.05, 3.63) is 35.6 Å². The fraction of sp³-hybridized carbons (Fsp3) is 0.533. The zero-order valence-electron chi connectivity index (χ0n) is 11.6. The Hall–Kier alpha value is -1.46. The van der Waals surface area contributed by atoms with Gasteiger partial charge in [-0.3, -0.25) is 9.69 Å². The number of hydrogen-bond acceptors (Lipinski definition) is 3. The van der Waals surface area contributed by atoms with Gasteiger partial charge < -0.3 is 10.0 Å². The molecule has 20 heavy (non-hydrogen) atoms. The van der Waals surface area contributed by atoms with Crippen molar-refractivity contribution in [2.75, 3.05) is 32.7 Å². The summed E-state index contributed by atoms with van der Waals surface area (Å²) in [5.41, 5.74) is 1.00. The van der Waals surface area contributed by atoms with Crippen molar-refractivity contribution in [3.63, 3.8) is 0 Å². The fourth-order valence-electron chi connectivity index (χ4n) is 2.52. The van der Waals surface area contributed by atoms with Gasteiger partial charge in [0.2, 0.25) is 0 Å². The van der Waals surface area contributed by atoms with Crippen LogP contribution in [0, 0.1) is 5.82 Å². The molecule has 0 radical (unpaired) electrons. The monoisotopic (exact) mass is 280 g/mol. The highest BCUT2D eigenvalue weighted by molar-refractivity contribution is 5.66. The van der Waals surface area contributed by atoms with Gasteiger partial charge in [0, 0.05) is 39.1 Å². The van der Waals surface area contributed by atoms with Gasteiger partial charge in [-0.2, -0.15) is 0 Å². The summed E-state index contributed by atoms with van der Waals surface area (Å²) < 4.78 is 13.1. The van der Waals surface area contributed by atoms with E-state index in [-0.39, 0.29) is 12.2 Å². The number of nitrogens with zero attached hydrogens (tertiary/aromatic N) is 2. The number of rotatable bonds is 6. The van der Waals surface area contributed by atoms with Crippen LogP contribution >= 0.6 is 0 Å². The Balaban J connectivity index is 1.70. The van der Waals surface area contributed by atoms with Crippen LogP contribution in [0.15, 0.2) is 24.3 Å². The summed E-state index contributed by atoms with van der Waals surface area (Å²) >= 11 is 0. The maximum absolute atomic E-state index is 13.1. The van der Waals surface area contributed by atoms with Crippen LogP contribution in [0.3, 0.4) is 0 Å². The summed E-state index contributed by atoms with van der Waals surface area (Å²) in [6.45, 7) is 5.43. The second-order valence-corrected chi connectivity index (χ2v) is 5.25. The van der Waals surface area contributed by atoms with Crippen LogP contribution in [0.4, 0.5) is 4.39 Å². The summed E-state index contributed by atoms with van der Waals surface area (Å²) in [4.78, 5) is 15.1. The SMILES string of the molecule is O=C(O)CCCN1CCN(Cc2cccc(F)c2)CC1. The number of hydrogen-bond donors (Lipinski definition) is 1. The van der Waals surface area contributed by atoms with Gasteiger partial charge in [0.05, 0.1) is 0 Å². The Labute approximate surface area is 118 Å². The highest BCUT2D eigenvalue weighted by Crippen LogP contribution is 2.10. The minimum absolute atomic E-state index is 0.185. The lowest BCUT2D eigenvalue weighted by Gasteiger charge is -2.34. The third-order valence-electron chi connectivity index (χ3n) is 3.63. The van der Waals surface area contributed by atoms with Gasteiger partial charge in [-0.05, 0) is 30.7 Å². The highest BCUT2D eigenvalue weighted by Gasteiger charge is 2.16. The van der Waals surface area contributed by atoms with Crippen molar-refractivity contribution in [2.24, 2.45) is 0 Å². The van der Waals surface area contributed by atoms with Gasteiger partial charge in [0.1, 0.15) is 5.82 Å². The first-order valence-corrected chi connectivity index (χ1v) is 7.04. The lowest BCUT2D eigenvalue weighted by molar-refractivity contribution is -0.137. The summed E-state index contributed by atoms with van der Waals surface area (Å²) in [6, 6.07) is 6.73. The Kier molecular flexibility index (Phi) is 5.49. The van der Waals surface area contributed by atoms with E-state index in [1.807, 2.05) is 6.07 Å². The fourth-order valence-corrected chi connectivity index (χ4v) is 2.52. The van der Waals surface area contributed by atoms with E-state index in [1.54, 1.807) is 12.1 Å². The molecule has 0 unspecified atom stereocenters. The van der Waals surface area contributed by atoms with Crippen LogP contribution in [-0.4, -0.2) is 53.6 Å². The lowest BCUT2D eigenvalue weighted by atomic mass is 10.2. The molecule has 110 valence electrons. The van der Waals surface area contributed by atoms with Crippen LogP contribution in [0.1, 0.15) is 18.4 Å². The minimum atomic E-state index is -0.727. The van der Waals surface area contributed by atoms with Crippen molar-refractivity contribution in [1.82, 2.24) is 9.80 Å². The average molecular weight is 280 g/mol.